The van der Waals surface area contributed by atoms with Crippen LogP contribution in [0.15, 0.2) is 46.9 Å². The summed E-state index contributed by atoms with van der Waals surface area (Å²) >= 11 is 5.00. The smallest absolute Gasteiger partial charge is 0.270 e. The molecule has 134 valence electrons. The van der Waals surface area contributed by atoms with Crippen molar-refractivity contribution >= 4 is 48.3 Å². The average Bonchev–Trinajstić information content (AvgIpc) is 3.07. The zero-order chi connectivity index (χ0) is 18.1. The van der Waals surface area contributed by atoms with Crippen molar-refractivity contribution in [2.45, 2.75) is 6.54 Å². The maximum Gasteiger partial charge on any atom is 0.270 e. The fourth-order valence-electron chi connectivity index (χ4n) is 3.10. The molecule has 0 spiro atoms. The summed E-state index contributed by atoms with van der Waals surface area (Å²) in [5.74, 6) is 0. The fraction of sp³-hybridized carbons (Fsp3) is 0.278. The molecule has 0 N–H and O–H groups in total. The van der Waals surface area contributed by atoms with Crippen molar-refractivity contribution in [2.24, 2.45) is 0 Å². The van der Waals surface area contributed by atoms with E-state index in [9.17, 15) is 10.1 Å². The van der Waals surface area contributed by atoms with Gasteiger partial charge in [-0.05, 0) is 23.8 Å². The van der Waals surface area contributed by atoms with E-state index in [1.54, 1.807) is 12.1 Å². The summed E-state index contributed by atoms with van der Waals surface area (Å²) in [7, 11) is 0. The van der Waals surface area contributed by atoms with Gasteiger partial charge in [0.25, 0.3) is 5.69 Å². The first kappa shape index (κ1) is 17.4. The highest BCUT2D eigenvalue weighted by Gasteiger charge is 2.20. The third kappa shape index (κ3) is 3.72. The van der Waals surface area contributed by atoms with Crippen molar-refractivity contribution in [2.75, 3.05) is 31.1 Å². The number of benzene rings is 2. The molecule has 26 heavy (non-hydrogen) atoms. The summed E-state index contributed by atoms with van der Waals surface area (Å²) in [5.41, 5.74) is 2.26. The molecule has 8 heteroatoms. The standard InChI is InChI=1S/C18H17BrN4O2S/c19-14-3-1-13(2-4-14)12-21-7-9-22(10-8-21)18-20-16-6-5-15(23(24)25)11-17(16)26-18/h1-6,11H,7-10,12H2. The van der Waals surface area contributed by atoms with Crippen LogP contribution in [0.4, 0.5) is 10.8 Å². The minimum atomic E-state index is -0.361. The summed E-state index contributed by atoms with van der Waals surface area (Å²) in [6.07, 6.45) is 0. The molecule has 6 nitrogen and oxygen atoms in total. The second kappa shape index (κ2) is 7.30. The van der Waals surface area contributed by atoms with Crippen molar-refractivity contribution in [1.29, 1.82) is 0 Å². The van der Waals surface area contributed by atoms with E-state index in [0.29, 0.717) is 0 Å². The van der Waals surface area contributed by atoms with Crippen molar-refractivity contribution < 1.29 is 4.92 Å². The second-order valence-corrected chi connectivity index (χ2v) is 8.22. The molecule has 3 aromatic rings. The number of fused-ring (bicyclic) bond motifs is 1. The maximum absolute atomic E-state index is 10.9. The number of piperazine rings is 1. The van der Waals surface area contributed by atoms with Crippen molar-refractivity contribution in [3.8, 4) is 0 Å². The predicted octanol–water partition coefficient (Wildman–Crippen LogP) is 4.29. The molecular formula is C18H17BrN4O2S. The Hall–Kier alpha value is -2.03. The Balaban J connectivity index is 1.42. The number of anilines is 1. The maximum atomic E-state index is 10.9. The quantitative estimate of drug-likeness (QED) is 0.454. The summed E-state index contributed by atoms with van der Waals surface area (Å²) in [6, 6.07) is 13.3. The number of hydrogen-bond acceptors (Lipinski definition) is 6. The molecule has 0 bridgehead atoms. The van der Waals surface area contributed by atoms with Crippen LogP contribution in [-0.2, 0) is 6.54 Å². The van der Waals surface area contributed by atoms with Gasteiger partial charge in [-0.2, -0.15) is 0 Å². The number of non-ortho nitro benzene ring substituents is 1. The molecule has 2 heterocycles. The lowest BCUT2D eigenvalue weighted by Crippen LogP contribution is -2.45. The van der Waals surface area contributed by atoms with E-state index in [1.165, 1.54) is 23.0 Å². The molecule has 0 radical (unpaired) electrons. The third-order valence-electron chi connectivity index (χ3n) is 4.53. The first-order valence-corrected chi connectivity index (χ1v) is 9.96. The van der Waals surface area contributed by atoms with Gasteiger partial charge in [0.05, 0.1) is 15.1 Å². The number of hydrogen-bond donors (Lipinski definition) is 0. The van der Waals surface area contributed by atoms with Gasteiger partial charge < -0.3 is 4.90 Å². The Morgan fingerprint density at radius 2 is 1.85 bits per heavy atom. The monoisotopic (exact) mass is 432 g/mol. The van der Waals surface area contributed by atoms with E-state index in [4.69, 9.17) is 0 Å². The Kier molecular flexibility index (Phi) is 4.88. The zero-order valence-corrected chi connectivity index (χ0v) is 16.4. The Labute approximate surface area is 163 Å². The fourth-order valence-corrected chi connectivity index (χ4v) is 4.41. The summed E-state index contributed by atoms with van der Waals surface area (Å²) in [4.78, 5) is 19.9. The van der Waals surface area contributed by atoms with Crippen LogP contribution >= 0.6 is 27.3 Å². The van der Waals surface area contributed by atoms with E-state index < -0.39 is 0 Å². The minimum absolute atomic E-state index is 0.118. The molecule has 0 unspecified atom stereocenters. The van der Waals surface area contributed by atoms with Crippen LogP contribution in [0.1, 0.15) is 5.56 Å². The van der Waals surface area contributed by atoms with Crippen LogP contribution in [0.5, 0.6) is 0 Å². The summed E-state index contributed by atoms with van der Waals surface area (Å²) in [6.45, 7) is 4.74. The zero-order valence-electron chi connectivity index (χ0n) is 14.0. The van der Waals surface area contributed by atoms with Gasteiger partial charge >= 0.3 is 0 Å². The molecule has 0 atom stereocenters. The van der Waals surface area contributed by atoms with Crippen LogP contribution in [0, 0.1) is 10.1 Å². The topological polar surface area (TPSA) is 62.5 Å². The highest BCUT2D eigenvalue weighted by Crippen LogP contribution is 2.31. The number of rotatable bonds is 4. The highest BCUT2D eigenvalue weighted by atomic mass is 79.9. The summed E-state index contributed by atoms with van der Waals surface area (Å²) < 4.78 is 1.97. The average molecular weight is 433 g/mol. The Morgan fingerprint density at radius 1 is 1.12 bits per heavy atom. The molecule has 1 saturated heterocycles. The van der Waals surface area contributed by atoms with Gasteiger partial charge in [0, 0.05) is 49.3 Å². The molecule has 4 rings (SSSR count). The number of halogens is 1. The Morgan fingerprint density at radius 3 is 2.54 bits per heavy atom. The van der Waals surface area contributed by atoms with Crippen LogP contribution in [0.25, 0.3) is 10.2 Å². The van der Waals surface area contributed by atoms with Gasteiger partial charge in [0.15, 0.2) is 5.13 Å². The molecule has 1 aliphatic rings. The van der Waals surface area contributed by atoms with E-state index >= 15 is 0 Å². The van der Waals surface area contributed by atoms with Gasteiger partial charge in [-0.25, -0.2) is 4.98 Å². The molecule has 1 fully saturated rings. The van der Waals surface area contributed by atoms with Gasteiger partial charge in [-0.3, -0.25) is 15.0 Å². The molecule has 1 aliphatic heterocycles. The van der Waals surface area contributed by atoms with E-state index in [2.05, 4.69) is 55.0 Å². The van der Waals surface area contributed by atoms with Crippen LogP contribution < -0.4 is 4.90 Å². The van der Waals surface area contributed by atoms with E-state index in [0.717, 1.165) is 52.5 Å². The van der Waals surface area contributed by atoms with Gasteiger partial charge in [-0.15, -0.1) is 0 Å². The molecule has 0 aliphatic carbocycles. The van der Waals surface area contributed by atoms with Crippen LogP contribution in [0.3, 0.4) is 0 Å². The van der Waals surface area contributed by atoms with Crippen molar-refractivity contribution in [1.82, 2.24) is 9.88 Å². The largest absolute Gasteiger partial charge is 0.345 e. The minimum Gasteiger partial charge on any atom is -0.345 e. The first-order chi connectivity index (χ1) is 12.6. The van der Waals surface area contributed by atoms with Gasteiger partial charge in [-0.1, -0.05) is 39.4 Å². The molecule has 2 aromatic carbocycles. The summed E-state index contributed by atoms with van der Waals surface area (Å²) in [5, 5.41) is 11.9. The number of nitro benzene ring substituents is 1. The van der Waals surface area contributed by atoms with Crippen LogP contribution in [-0.4, -0.2) is 41.0 Å². The molecule has 0 saturated carbocycles. The highest BCUT2D eigenvalue weighted by molar-refractivity contribution is 9.10. The van der Waals surface area contributed by atoms with E-state index in [-0.39, 0.29) is 10.6 Å². The van der Waals surface area contributed by atoms with Crippen molar-refractivity contribution in [3.63, 3.8) is 0 Å². The van der Waals surface area contributed by atoms with E-state index in [1.807, 2.05) is 0 Å². The molecule has 0 amide bonds. The third-order valence-corrected chi connectivity index (χ3v) is 6.14. The van der Waals surface area contributed by atoms with Gasteiger partial charge in [0.1, 0.15) is 0 Å². The lowest BCUT2D eigenvalue weighted by molar-refractivity contribution is -0.384. The lowest BCUT2D eigenvalue weighted by atomic mass is 10.2. The number of nitrogens with zero attached hydrogens (tertiary/aromatic N) is 4. The van der Waals surface area contributed by atoms with Crippen molar-refractivity contribution in [3.05, 3.63) is 62.6 Å². The molecule has 1 aromatic heterocycles. The van der Waals surface area contributed by atoms with Gasteiger partial charge in [0.2, 0.25) is 0 Å². The number of thiazole rings is 1. The number of nitro groups is 1. The predicted molar refractivity (Wildman–Crippen MR) is 108 cm³/mol. The first-order valence-electron chi connectivity index (χ1n) is 8.35. The second-order valence-electron chi connectivity index (χ2n) is 6.30. The normalized spacial score (nSPS) is 15.5. The Bertz CT molecular complexity index is 936. The number of aromatic nitrogens is 1. The SMILES string of the molecule is O=[N+]([O-])c1ccc2nc(N3CCN(Cc4ccc(Br)cc4)CC3)sc2c1. The lowest BCUT2D eigenvalue weighted by Gasteiger charge is -2.34. The molecular weight excluding hydrogens is 416 g/mol. The van der Waals surface area contributed by atoms with Crippen LogP contribution in [0.2, 0.25) is 0 Å².